The van der Waals surface area contributed by atoms with Gasteiger partial charge in [-0.1, -0.05) is 0 Å². The molecule has 0 atom stereocenters. The lowest BCUT2D eigenvalue weighted by molar-refractivity contribution is -0.139. The number of carbonyl (C=O) groups is 1. The monoisotopic (exact) mass is 271 g/mol. The fourth-order valence-electron chi connectivity index (χ4n) is 1.53. The molecule has 0 aliphatic carbocycles. The first-order chi connectivity index (χ1) is 8.76. The minimum Gasteiger partial charge on any atom is -0.469 e. The lowest BCUT2D eigenvalue weighted by Crippen LogP contribution is -2.14. The van der Waals surface area contributed by atoms with Crippen molar-refractivity contribution < 1.29 is 14.3 Å². The first-order valence-electron chi connectivity index (χ1n) is 6.10. The summed E-state index contributed by atoms with van der Waals surface area (Å²) in [6.07, 6.45) is 2.57. The van der Waals surface area contributed by atoms with Gasteiger partial charge >= 0.3 is 5.97 Å². The van der Waals surface area contributed by atoms with E-state index in [1.165, 1.54) is 12.0 Å². The minimum absolute atomic E-state index is 0.184. The zero-order valence-corrected chi connectivity index (χ0v) is 11.8. The Kier molecular flexibility index (Phi) is 7.64. The first kappa shape index (κ1) is 15.1. The van der Waals surface area contributed by atoms with Crippen LogP contribution in [0.3, 0.4) is 0 Å². The molecule has 5 heteroatoms. The van der Waals surface area contributed by atoms with E-state index in [4.69, 9.17) is 4.74 Å². The highest BCUT2D eigenvalue weighted by Gasteiger charge is 2.05. The van der Waals surface area contributed by atoms with Gasteiger partial charge in [0.15, 0.2) is 0 Å². The van der Waals surface area contributed by atoms with Crippen LogP contribution in [0.5, 0.6) is 0 Å². The lowest BCUT2D eigenvalue weighted by Gasteiger charge is -2.02. The third-order valence-corrected chi connectivity index (χ3v) is 3.60. The zero-order valence-electron chi connectivity index (χ0n) is 11.0. The van der Waals surface area contributed by atoms with E-state index in [1.54, 1.807) is 18.4 Å². The van der Waals surface area contributed by atoms with E-state index in [0.717, 1.165) is 37.4 Å². The Bertz CT molecular complexity index is 352. The Morgan fingerprint density at radius 1 is 1.28 bits per heavy atom. The van der Waals surface area contributed by atoms with Crippen LogP contribution in [0, 0.1) is 0 Å². The van der Waals surface area contributed by atoms with Gasteiger partial charge in [0.25, 0.3) is 0 Å². The highest BCUT2D eigenvalue weighted by atomic mass is 32.1. The van der Waals surface area contributed by atoms with Crippen LogP contribution >= 0.6 is 11.3 Å². The quantitative estimate of drug-likeness (QED) is 0.551. The van der Waals surface area contributed by atoms with E-state index in [2.05, 4.69) is 16.1 Å². The predicted molar refractivity (Wildman–Crippen MR) is 72.9 cm³/mol. The van der Waals surface area contributed by atoms with Gasteiger partial charge in [-0.05, 0) is 31.5 Å². The number of hydrogen-bond donors (Lipinski definition) is 1. The summed E-state index contributed by atoms with van der Waals surface area (Å²) >= 11 is 1.66. The van der Waals surface area contributed by atoms with Gasteiger partial charge < -0.3 is 14.8 Å². The molecule has 0 aliphatic heterocycles. The lowest BCUT2D eigenvalue weighted by atomic mass is 10.3. The van der Waals surface area contributed by atoms with Crippen LogP contribution < -0.4 is 5.32 Å². The molecule has 1 N–H and O–H groups in total. The Hall–Kier alpha value is -0.910. The molecule has 4 nitrogen and oxygen atoms in total. The largest absolute Gasteiger partial charge is 0.469 e. The molecule has 0 spiro atoms. The van der Waals surface area contributed by atoms with Crippen molar-refractivity contribution >= 4 is 17.3 Å². The SMILES string of the molecule is COCCCCNCc1ccc(CC(=O)OC)s1. The van der Waals surface area contributed by atoms with Crippen molar-refractivity contribution in [1.29, 1.82) is 0 Å². The van der Waals surface area contributed by atoms with E-state index >= 15 is 0 Å². The van der Waals surface area contributed by atoms with Crippen LogP contribution in [0.25, 0.3) is 0 Å². The molecule has 0 amide bonds. The summed E-state index contributed by atoms with van der Waals surface area (Å²) in [6.45, 7) is 2.68. The van der Waals surface area contributed by atoms with Crippen LogP contribution in [-0.2, 0) is 27.2 Å². The average Bonchev–Trinajstić information content (AvgIpc) is 2.81. The molecule has 1 heterocycles. The molecule has 0 aliphatic rings. The average molecular weight is 271 g/mol. The van der Waals surface area contributed by atoms with Gasteiger partial charge in [0, 0.05) is 30.0 Å². The van der Waals surface area contributed by atoms with Crippen molar-refractivity contribution in [3.05, 3.63) is 21.9 Å². The second kappa shape index (κ2) is 9.08. The Morgan fingerprint density at radius 3 is 2.78 bits per heavy atom. The minimum atomic E-state index is -0.184. The summed E-state index contributed by atoms with van der Waals surface area (Å²) in [5, 5.41) is 3.38. The molecule has 0 unspecified atom stereocenters. The van der Waals surface area contributed by atoms with Gasteiger partial charge in [-0.25, -0.2) is 0 Å². The van der Waals surface area contributed by atoms with Crippen molar-refractivity contribution in [3.63, 3.8) is 0 Å². The molecular formula is C13H21NO3S. The maximum Gasteiger partial charge on any atom is 0.310 e. The Labute approximate surface area is 112 Å². The molecule has 0 fully saturated rings. The molecule has 0 saturated carbocycles. The highest BCUT2D eigenvalue weighted by Crippen LogP contribution is 2.17. The van der Waals surface area contributed by atoms with Gasteiger partial charge in [-0.2, -0.15) is 0 Å². The van der Waals surface area contributed by atoms with Crippen LogP contribution in [0.4, 0.5) is 0 Å². The van der Waals surface area contributed by atoms with Crippen molar-refractivity contribution in [3.8, 4) is 0 Å². The smallest absolute Gasteiger partial charge is 0.310 e. The summed E-state index contributed by atoms with van der Waals surface area (Å²) in [6, 6.07) is 4.05. The topological polar surface area (TPSA) is 47.6 Å². The number of esters is 1. The van der Waals surface area contributed by atoms with Gasteiger partial charge in [-0.15, -0.1) is 11.3 Å². The maximum absolute atomic E-state index is 11.1. The number of ether oxygens (including phenoxy) is 2. The third kappa shape index (κ3) is 6.14. The van der Waals surface area contributed by atoms with E-state index < -0.39 is 0 Å². The standard InChI is InChI=1S/C13H21NO3S/c1-16-8-4-3-7-14-10-12-6-5-11(18-12)9-13(15)17-2/h5-6,14H,3-4,7-10H2,1-2H3. The second-order valence-corrected chi connectivity index (χ2v) is 5.25. The highest BCUT2D eigenvalue weighted by molar-refractivity contribution is 7.12. The normalized spacial score (nSPS) is 10.6. The fourth-order valence-corrected chi connectivity index (χ4v) is 2.51. The van der Waals surface area contributed by atoms with Gasteiger partial charge in [0.1, 0.15) is 0 Å². The van der Waals surface area contributed by atoms with Crippen molar-refractivity contribution in [2.24, 2.45) is 0 Å². The number of carbonyl (C=O) groups excluding carboxylic acids is 1. The fraction of sp³-hybridized carbons (Fsp3) is 0.615. The summed E-state index contributed by atoms with van der Waals surface area (Å²) in [7, 11) is 3.14. The van der Waals surface area contributed by atoms with Crippen LogP contribution in [0.15, 0.2) is 12.1 Å². The summed E-state index contributed by atoms with van der Waals surface area (Å²) in [5.41, 5.74) is 0. The maximum atomic E-state index is 11.1. The number of unbranched alkanes of at least 4 members (excludes halogenated alkanes) is 1. The van der Waals surface area contributed by atoms with Crippen LogP contribution in [0.2, 0.25) is 0 Å². The summed E-state index contributed by atoms with van der Waals surface area (Å²) in [5.74, 6) is -0.184. The van der Waals surface area contributed by atoms with Gasteiger partial charge in [0.05, 0.1) is 13.5 Å². The van der Waals surface area contributed by atoms with Gasteiger partial charge in [-0.3, -0.25) is 4.79 Å². The van der Waals surface area contributed by atoms with Gasteiger partial charge in [0.2, 0.25) is 0 Å². The number of nitrogens with one attached hydrogen (secondary N) is 1. The molecule has 1 aromatic heterocycles. The molecule has 102 valence electrons. The number of thiophene rings is 1. The van der Waals surface area contributed by atoms with Crippen molar-refractivity contribution in [2.45, 2.75) is 25.8 Å². The van der Waals surface area contributed by atoms with E-state index in [0.29, 0.717) is 6.42 Å². The second-order valence-electron chi connectivity index (χ2n) is 4.00. The van der Waals surface area contributed by atoms with Crippen molar-refractivity contribution in [2.75, 3.05) is 27.4 Å². The third-order valence-electron chi connectivity index (χ3n) is 2.51. The molecular weight excluding hydrogens is 250 g/mol. The molecule has 1 aromatic rings. The first-order valence-corrected chi connectivity index (χ1v) is 6.92. The summed E-state index contributed by atoms with van der Waals surface area (Å²) < 4.78 is 9.63. The summed E-state index contributed by atoms with van der Waals surface area (Å²) in [4.78, 5) is 13.4. The molecule has 1 rings (SSSR count). The zero-order chi connectivity index (χ0) is 13.2. The molecule has 0 saturated heterocycles. The number of methoxy groups -OCH3 is 2. The Balaban J connectivity index is 2.17. The molecule has 0 bridgehead atoms. The van der Waals surface area contributed by atoms with Crippen LogP contribution in [0.1, 0.15) is 22.6 Å². The number of rotatable bonds is 9. The molecule has 18 heavy (non-hydrogen) atoms. The predicted octanol–water partition coefficient (Wildman–Crippen LogP) is 1.98. The van der Waals surface area contributed by atoms with Crippen molar-refractivity contribution in [1.82, 2.24) is 5.32 Å². The number of hydrogen-bond acceptors (Lipinski definition) is 5. The Morgan fingerprint density at radius 2 is 2.06 bits per heavy atom. The van der Waals surface area contributed by atoms with E-state index in [1.807, 2.05) is 6.07 Å². The molecule has 0 radical (unpaired) electrons. The van der Waals surface area contributed by atoms with Crippen LogP contribution in [-0.4, -0.2) is 33.3 Å². The van der Waals surface area contributed by atoms with E-state index in [9.17, 15) is 4.79 Å². The molecule has 0 aromatic carbocycles. The van der Waals surface area contributed by atoms with E-state index in [-0.39, 0.29) is 5.97 Å².